The molecule has 0 N–H and O–H groups in total. The minimum Gasteiger partial charge on any atom is -0.489 e. The highest BCUT2D eigenvalue weighted by molar-refractivity contribution is 6.80. The van der Waals surface area contributed by atoms with Crippen molar-refractivity contribution in [3.8, 4) is 16.9 Å². The number of benzene rings is 6. The largest absolute Gasteiger partial charge is 0.489 e. The van der Waals surface area contributed by atoms with E-state index in [4.69, 9.17) is 13.9 Å². The number of esters is 1. The van der Waals surface area contributed by atoms with Gasteiger partial charge in [-0.25, -0.2) is 0 Å². The number of fused-ring (bicyclic) bond motifs is 1. The van der Waals surface area contributed by atoms with Gasteiger partial charge in [0.05, 0.1) is 6.10 Å². The summed E-state index contributed by atoms with van der Waals surface area (Å²) in [6, 6.07) is 50.3. The van der Waals surface area contributed by atoms with E-state index in [1.165, 1.54) is 17.3 Å². The molecule has 5 heteroatoms. The van der Waals surface area contributed by atoms with E-state index in [1.807, 2.05) is 49.4 Å². The molecule has 0 aliphatic heterocycles. The maximum absolute atomic E-state index is 12.5. The normalized spacial score (nSPS) is 12.9. The number of hydrogen-bond acceptors (Lipinski definition) is 4. The van der Waals surface area contributed by atoms with E-state index in [-0.39, 0.29) is 17.5 Å². The van der Waals surface area contributed by atoms with Crippen molar-refractivity contribution in [2.75, 3.05) is 0 Å². The van der Waals surface area contributed by atoms with Gasteiger partial charge in [-0.3, -0.25) is 4.79 Å². The molecule has 2 atom stereocenters. The summed E-state index contributed by atoms with van der Waals surface area (Å²) in [4.78, 5) is 12.5. The van der Waals surface area contributed by atoms with Crippen LogP contribution in [0.2, 0.25) is 0 Å². The Morgan fingerprint density at radius 2 is 1.27 bits per heavy atom. The smallest absolute Gasteiger partial charge is 0.303 e. The van der Waals surface area contributed by atoms with Gasteiger partial charge in [-0.2, -0.15) is 0 Å². The molecule has 0 aromatic heterocycles. The molecule has 248 valence electrons. The van der Waals surface area contributed by atoms with E-state index in [0.29, 0.717) is 6.61 Å². The van der Waals surface area contributed by atoms with Crippen LogP contribution in [0, 0.1) is 5.41 Å². The highest BCUT2D eigenvalue weighted by atomic mass is 28.3. The predicted molar refractivity (Wildman–Crippen MR) is 203 cm³/mol. The fourth-order valence-electron chi connectivity index (χ4n) is 6.62. The van der Waals surface area contributed by atoms with Crippen molar-refractivity contribution in [1.29, 1.82) is 0 Å². The maximum Gasteiger partial charge on any atom is 0.303 e. The first-order chi connectivity index (χ1) is 23.7. The number of hydrogen-bond donors (Lipinski definition) is 0. The predicted octanol–water partition coefficient (Wildman–Crippen LogP) is 9.35. The molecule has 6 aromatic carbocycles. The SMILES string of the molecule is CC(=O)OC(C)c1c(C(O[SiH](c2ccccc2)c2ccccc2)C(C)(C)C)cc2cc(OCc3ccccc3)ccc2c1-c1ccccc1. The molecule has 0 heterocycles. The van der Waals surface area contributed by atoms with Crippen LogP contribution in [0.3, 0.4) is 0 Å². The Labute approximate surface area is 292 Å². The van der Waals surface area contributed by atoms with E-state index in [2.05, 4.69) is 124 Å². The first-order valence-electron chi connectivity index (χ1n) is 16.9. The fraction of sp³-hybridized carbons (Fsp3) is 0.205. The quantitative estimate of drug-likeness (QED) is 0.102. The van der Waals surface area contributed by atoms with Crippen LogP contribution in [0.15, 0.2) is 146 Å². The standard InChI is InChI=1S/C44H44O4Si/c1-31(47-32(2)45)41-40(43(44(3,4)5)48-49(37-22-14-8-15-23-37)38-24-16-9-17-25-38)29-35-28-36(46-30-33-18-10-6-11-19-33)26-27-39(35)42(41)34-20-12-7-13-21-34/h6-29,31,43,49H,30H2,1-5H3. The second-order valence-electron chi connectivity index (χ2n) is 13.6. The third kappa shape index (κ3) is 8.02. The van der Waals surface area contributed by atoms with Gasteiger partial charge in [0.15, 0.2) is 0 Å². The Kier molecular flexibility index (Phi) is 10.4. The van der Waals surface area contributed by atoms with Gasteiger partial charge in [-0.1, -0.05) is 148 Å². The van der Waals surface area contributed by atoms with Crippen LogP contribution in [0.4, 0.5) is 0 Å². The molecule has 0 radical (unpaired) electrons. The molecular formula is C44H44O4Si. The van der Waals surface area contributed by atoms with E-state index >= 15 is 0 Å². The molecule has 0 aliphatic carbocycles. The first-order valence-corrected chi connectivity index (χ1v) is 18.6. The Balaban J connectivity index is 1.59. The molecule has 0 amide bonds. The second kappa shape index (κ2) is 15.1. The lowest BCUT2D eigenvalue weighted by Crippen LogP contribution is -2.47. The lowest BCUT2D eigenvalue weighted by molar-refractivity contribution is -0.145. The number of carbonyl (C=O) groups is 1. The summed E-state index contributed by atoms with van der Waals surface area (Å²) in [6.07, 6.45) is -0.860. The van der Waals surface area contributed by atoms with Crippen LogP contribution in [-0.4, -0.2) is 15.0 Å². The molecule has 0 spiro atoms. The zero-order valence-electron chi connectivity index (χ0n) is 28.9. The van der Waals surface area contributed by atoms with Crippen LogP contribution in [0.1, 0.15) is 63.5 Å². The van der Waals surface area contributed by atoms with Gasteiger partial charge >= 0.3 is 5.97 Å². The van der Waals surface area contributed by atoms with Crippen LogP contribution in [0.25, 0.3) is 21.9 Å². The third-order valence-electron chi connectivity index (χ3n) is 8.79. The summed E-state index contributed by atoms with van der Waals surface area (Å²) in [5.41, 5.74) is 4.85. The summed E-state index contributed by atoms with van der Waals surface area (Å²) < 4.78 is 19.9. The summed E-state index contributed by atoms with van der Waals surface area (Å²) in [5, 5.41) is 4.51. The number of rotatable bonds is 11. The van der Waals surface area contributed by atoms with Crippen LogP contribution >= 0.6 is 0 Å². The Morgan fingerprint density at radius 1 is 0.714 bits per heavy atom. The molecular weight excluding hydrogens is 621 g/mol. The molecule has 49 heavy (non-hydrogen) atoms. The van der Waals surface area contributed by atoms with Crippen LogP contribution in [-0.2, 0) is 20.6 Å². The highest BCUT2D eigenvalue weighted by Gasteiger charge is 2.36. The molecule has 6 rings (SSSR count). The van der Waals surface area contributed by atoms with Gasteiger partial charge in [-0.05, 0) is 73.9 Å². The Hall–Kier alpha value is -4.97. The Bertz CT molecular complexity index is 1950. The number of carbonyl (C=O) groups excluding carboxylic acids is 1. The maximum atomic E-state index is 12.5. The minimum absolute atomic E-state index is 0.317. The average molecular weight is 665 g/mol. The van der Waals surface area contributed by atoms with Crippen molar-refractivity contribution in [2.45, 2.75) is 53.4 Å². The van der Waals surface area contributed by atoms with Gasteiger partial charge < -0.3 is 13.9 Å². The minimum atomic E-state index is -2.20. The average Bonchev–Trinajstić information content (AvgIpc) is 3.11. The third-order valence-corrected chi connectivity index (χ3v) is 11.3. The topological polar surface area (TPSA) is 44.8 Å². The van der Waals surface area contributed by atoms with Crippen LogP contribution in [0.5, 0.6) is 5.75 Å². The van der Waals surface area contributed by atoms with Crippen molar-refractivity contribution in [1.82, 2.24) is 0 Å². The summed E-state index contributed by atoms with van der Waals surface area (Å²) >= 11 is 0. The van der Waals surface area contributed by atoms with Crippen LogP contribution < -0.4 is 15.1 Å². The molecule has 6 aromatic rings. The van der Waals surface area contributed by atoms with Crippen molar-refractivity contribution in [2.24, 2.45) is 5.41 Å². The van der Waals surface area contributed by atoms with Gasteiger partial charge in [0.25, 0.3) is 0 Å². The van der Waals surface area contributed by atoms with Crippen molar-refractivity contribution < 1.29 is 18.7 Å². The van der Waals surface area contributed by atoms with Gasteiger partial charge in [-0.15, -0.1) is 0 Å². The van der Waals surface area contributed by atoms with E-state index < -0.39 is 15.1 Å². The molecule has 0 saturated carbocycles. The van der Waals surface area contributed by atoms with E-state index in [1.54, 1.807) is 0 Å². The Morgan fingerprint density at radius 3 is 1.82 bits per heavy atom. The van der Waals surface area contributed by atoms with E-state index in [0.717, 1.165) is 44.3 Å². The molecule has 0 fully saturated rings. The summed E-state index contributed by atoms with van der Waals surface area (Å²) in [5.74, 6) is 0.465. The molecule has 2 unspecified atom stereocenters. The van der Waals surface area contributed by atoms with Gasteiger partial charge in [0.2, 0.25) is 9.04 Å². The van der Waals surface area contributed by atoms with Gasteiger partial charge in [0.1, 0.15) is 18.5 Å². The van der Waals surface area contributed by atoms with E-state index in [9.17, 15) is 4.79 Å². The van der Waals surface area contributed by atoms with Crippen molar-refractivity contribution in [3.63, 3.8) is 0 Å². The summed E-state index contributed by atoms with van der Waals surface area (Å²) in [7, 11) is -2.20. The molecule has 0 saturated heterocycles. The summed E-state index contributed by atoms with van der Waals surface area (Å²) in [6.45, 7) is 10.6. The second-order valence-corrected chi connectivity index (χ2v) is 16.0. The highest BCUT2D eigenvalue weighted by Crippen LogP contribution is 2.47. The van der Waals surface area contributed by atoms with Crippen molar-refractivity contribution in [3.05, 3.63) is 162 Å². The monoisotopic (exact) mass is 664 g/mol. The molecule has 0 aliphatic rings. The first kappa shape index (κ1) is 33.9. The number of ether oxygens (including phenoxy) is 2. The zero-order chi connectivity index (χ0) is 34.4. The fourth-order valence-corrected chi connectivity index (χ4v) is 9.29. The molecule has 0 bridgehead atoms. The lowest BCUT2D eigenvalue weighted by atomic mass is 9.78. The van der Waals surface area contributed by atoms with Crippen molar-refractivity contribution >= 4 is 36.2 Å². The lowest BCUT2D eigenvalue weighted by Gasteiger charge is -2.37. The zero-order valence-corrected chi connectivity index (χ0v) is 30.1. The molecule has 4 nitrogen and oxygen atoms in total. The van der Waals surface area contributed by atoms with Gasteiger partial charge in [0, 0.05) is 12.5 Å².